The lowest BCUT2D eigenvalue weighted by Gasteiger charge is -2.52. The van der Waals surface area contributed by atoms with Crippen LogP contribution in [0.5, 0.6) is 0 Å². The maximum atomic E-state index is 12.3. The third-order valence-corrected chi connectivity index (χ3v) is 12.3. The number of carbonyl (C=O) groups excluding carboxylic acids is 2. The van der Waals surface area contributed by atoms with Gasteiger partial charge in [-0.1, -0.05) is 25.0 Å². The fraction of sp³-hybridized carbons (Fsp3) is 0.875. The molecule has 206 valence electrons. The summed E-state index contributed by atoms with van der Waals surface area (Å²) in [6, 6.07) is 0.495. The minimum Gasteiger partial charge on any atom is -0.370 e. The van der Waals surface area contributed by atoms with Crippen LogP contribution in [0.15, 0.2) is 11.1 Å². The van der Waals surface area contributed by atoms with Gasteiger partial charge in [-0.25, -0.2) is 0 Å². The van der Waals surface area contributed by atoms with E-state index in [1.165, 1.54) is 38.5 Å². The van der Waals surface area contributed by atoms with Crippen molar-refractivity contribution in [3.05, 3.63) is 11.1 Å². The first-order chi connectivity index (χ1) is 17.6. The molecule has 0 radical (unpaired) electrons. The van der Waals surface area contributed by atoms with E-state index in [0.29, 0.717) is 35.2 Å². The van der Waals surface area contributed by atoms with Crippen molar-refractivity contribution in [2.24, 2.45) is 35.0 Å². The van der Waals surface area contributed by atoms with Crippen molar-refractivity contribution in [1.82, 2.24) is 9.80 Å². The lowest BCUT2D eigenvalue weighted by atomic mass is 9.52. The highest BCUT2D eigenvalue weighted by molar-refractivity contribution is 5.79. The van der Waals surface area contributed by atoms with Crippen LogP contribution in [0.3, 0.4) is 0 Å². The van der Waals surface area contributed by atoms with Crippen molar-refractivity contribution in [2.75, 3.05) is 26.7 Å². The fourth-order valence-corrected chi connectivity index (χ4v) is 10.2. The molecule has 1 spiro atoms. The van der Waals surface area contributed by atoms with Gasteiger partial charge in [0.15, 0.2) is 0 Å². The second-order valence-electron chi connectivity index (χ2n) is 14.5. The molecular formula is C32H50N2O3. The Morgan fingerprint density at radius 1 is 1.19 bits per heavy atom. The molecule has 5 heteroatoms. The number of ether oxygens (including phenoxy) is 1. The average molecular weight is 511 g/mol. The van der Waals surface area contributed by atoms with Crippen LogP contribution in [-0.2, 0) is 14.3 Å². The first-order valence-electron chi connectivity index (χ1n) is 15.4. The zero-order valence-corrected chi connectivity index (χ0v) is 24.1. The van der Waals surface area contributed by atoms with Crippen LogP contribution in [0, 0.1) is 35.0 Å². The molecule has 0 N–H and O–H groups in total. The topological polar surface area (TPSA) is 49.9 Å². The van der Waals surface area contributed by atoms with Crippen LogP contribution in [0.2, 0.25) is 0 Å². The van der Waals surface area contributed by atoms with Gasteiger partial charge >= 0.3 is 0 Å². The molecule has 2 saturated heterocycles. The molecule has 0 aromatic carbocycles. The van der Waals surface area contributed by atoms with E-state index in [1.807, 2.05) is 11.9 Å². The average Bonchev–Trinajstić information content (AvgIpc) is 3.36. The number of hydrogen-bond donors (Lipinski definition) is 0. The zero-order valence-electron chi connectivity index (χ0n) is 24.1. The summed E-state index contributed by atoms with van der Waals surface area (Å²) >= 11 is 0. The Labute approximate surface area is 224 Å². The van der Waals surface area contributed by atoms with Gasteiger partial charge in [-0.3, -0.25) is 14.5 Å². The molecule has 2 aliphatic heterocycles. The van der Waals surface area contributed by atoms with Crippen molar-refractivity contribution >= 4 is 11.7 Å². The van der Waals surface area contributed by atoms with E-state index in [-0.39, 0.29) is 11.5 Å². The monoisotopic (exact) mass is 510 g/mol. The third-order valence-electron chi connectivity index (χ3n) is 12.3. The van der Waals surface area contributed by atoms with Crippen LogP contribution < -0.4 is 0 Å². The highest BCUT2D eigenvalue weighted by Gasteiger charge is 2.58. The summed E-state index contributed by atoms with van der Waals surface area (Å²) in [6.45, 7) is 11.9. The molecule has 0 bridgehead atoms. The van der Waals surface area contributed by atoms with Crippen LogP contribution in [0.1, 0.15) is 98.3 Å². The summed E-state index contributed by atoms with van der Waals surface area (Å²) in [5, 5.41) is 0. The van der Waals surface area contributed by atoms with Gasteiger partial charge in [-0.15, -0.1) is 0 Å². The van der Waals surface area contributed by atoms with Gasteiger partial charge in [0.2, 0.25) is 5.91 Å². The Kier molecular flexibility index (Phi) is 6.66. The lowest BCUT2D eigenvalue weighted by Crippen LogP contribution is -2.51. The molecule has 6 rings (SSSR count). The number of likely N-dealkylation sites (N-methyl/N-ethyl adjacent to an activating group) is 1. The molecule has 5 fully saturated rings. The molecule has 37 heavy (non-hydrogen) atoms. The summed E-state index contributed by atoms with van der Waals surface area (Å²) in [4.78, 5) is 28.6. The van der Waals surface area contributed by atoms with E-state index in [9.17, 15) is 9.59 Å². The predicted octanol–water partition coefficient (Wildman–Crippen LogP) is 5.62. The normalized spacial score (nSPS) is 45.8. The number of rotatable bonds is 3. The lowest BCUT2D eigenvalue weighted by molar-refractivity contribution is -0.130. The van der Waals surface area contributed by atoms with Crippen LogP contribution >= 0.6 is 0 Å². The number of nitrogens with zero attached hydrogens (tertiary/aromatic N) is 2. The molecule has 6 aliphatic rings. The molecule has 5 nitrogen and oxygen atoms in total. The molecule has 1 amide bonds. The third kappa shape index (κ3) is 4.44. The standard InChI is InChI=1S/C32H50N2O3/c1-20-14-30-29(34(19-20)13-12-33(5)22(3)35)18-32(37-30)11-9-25-26-7-6-23-15-24(36)8-10-31(23,4)28(26)16-27(25)21(2)17-32/h20,23,25-26,28-30H,6-19H2,1-5H3/t20-,23+,25-,26-,28-,29-,30+,31-,32-/m0/s1. The SMILES string of the molecule is CC(=O)N(C)CCN1C[C@@H](C)C[C@H]2O[C@]3(CC[C@@H]4C(=C(C)C3)C[C@H]3[C@H]4CC[C@@H]4CC(=O)CC[C@@]43C)C[C@@H]21. The maximum absolute atomic E-state index is 12.3. The summed E-state index contributed by atoms with van der Waals surface area (Å²) < 4.78 is 7.12. The number of likely N-dealkylation sites (tertiary alicyclic amines) is 1. The first kappa shape index (κ1) is 26.0. The van der Waals surface area contributed by atoms with Gasteiger partial charge in [-0.05, 0) is 99.7 Å². The quantitative estimate of drug-likeness (QED) is 0.462. The molecule has 0 aromatic heterocycles. The number of ketones is 1. The van der Waals surface area contributed by atoms with Gasteiger partial charge in [0.25, 0.3) is 0 Å². The number of Topliss-reactive ketones (excluding diaryl/α,β-unsaturated/α-hetero) is 1. The van der Waals surface area contributed by atoms with Gasteiger partial charge in [0.05, 0.1) is 11.7 Å². The minimum absolute atomic E-state index is 0.000593. The summed E-state index contributed by atoms with van der Waals surface area (Å²) in [6.07, 6.45) is 12.9. The van der Waals surface area contributed by atoms with Gasteiger partial charge in [-0.2, -0.15) is 0 Å². The zero-order chi connectivity index (χ0) is 26.1. The van der Waals surface area contributed by atoms with Gasteiger partial charge in [0, 0.05) is 52.5 Å². The summed E-state index contributed by atoms with van der Waals surface area (Å²) in [5.74, 6) is 4.27. The fourth-order valence-electron chi connectivity index (χ4n) is 10.2. The van der Waals surface area contributed by atoms with E-state index in [0.717, 1.165) is 69.5 Å². The summed E-state index contributed by atoms with van der Waals surface area (Å²) in [5.41, 5.74) is 3.80. The number of fused-ring (bicyclic) bond motifs is 6. The Bertz CT molecular complexity index is 975. The highest BCUT2D eigenvalue weighted by Crippen LogP contribution is 2.64. The largest absolute Gasteiger partial charge is 0.370 e. The smallest absolute Gasteiger partial charge is 0.219 e. The van der Waals surface area contributed by atoms with Crippen molar-refractivity contribution in [3.8, 4) is 0 Å². The Hall–Kier alpha value is -1.20. The van der Waals surface area contributed by atoms with Crippen molar-refractivity contribution < 1.29 is 14.3 Å². The minimum atomic E-state index is -0.000593. The molecular weight excluding hydrogens is 460 g/mol. The molecule has 0 aromatic rings. The molecule has 9 atom stereocenters. The van der Waals surface area contributed by atoms with Gasteiger partial charge in [0.1, 0.15) is 5.78 Å². The maximum Gasteiger partial charge on any atom is 0.219 e. The second-order valence-corrected chi connectivity index (χ2v) is 14.5. The number of piperidine rings is 1. The molecule has 4 aliphatic carbocycles. The summed E-state index contributed by atoms with van der Waals surface area (Å²) in [7, 11) is 1.92. The Morgan fingerprint density at radius 3 is 2.78 bits per heavy atom. The Morgan fingerprint density at radius 2 is 2.00 bits per heavy atom. The molecule has 2 heterocycles. The van der Waals surface area contributed by atoms with E-state index >= 15 is 0 Å². The van der Waals surface area contributed by atoms with Crippen molar-refractivity contribution in [3.63, 3.8) is 0 Å². The highest BCUT2D eigenvalue weighted by atomic mass is 16.5. The molecule has 3 saturated carbocycles. The number of carbonyl (C=O) groups is 2. The predicted molar refractivity (Wildman–Crippen MR) is 146 cm³/mol. The van der Waals surface area contributed by atoms with Gasteiger partial charge < -0.3 is 9.64 Å². The number of allylic oxidation sites excluding steroid dienone is 1. The second kappa shape index (κ2) is 9.47. The first-order valence-corrected chi connectivity index (χ1v) is 15.4. The van der Waals surface area contributed by atoms with Crippen LogP contribution in [0.25, 0.3) is 0 Å². The van der Waals surface area contributed by atoms with E-state index in [4.69, 9.17) is 4.74 Å². The van der Waals surface area contributed by atoms with Crippen LogP contribution in [-0.4, -0.2) is 65.9 Å². The number of amides is 1. The van der Waals surface area contributed by atoms with Crippen molar-refractivity contribution in [2.45, 2.75) is 116 Å². The van der Waals surface area contributed by atoms with E-state index in [1.54, 1.807) is 18.1 Å². The van der Waals surface area contributed by atoms with Crippen LogP contribution in [0.4, 0.5) is 0 Å². The Balaban J connectivity index is 1.20. The van der Waals surface area contributed by atoms with Crippen molar-refractivity contribution in [1.29, 1.82) is 0 Å². The molecule has 0 unspecified atom stereocenters. The van der Waals surface area contributed by atoms with E-state index in [2.05, 4.69) is 25.7 Å². The van der Waals surface area contributed by atoms with E-state index < -0.39 is 0 Å². The number of hydrogen-bond acceptors (Lipinski definition) is 4.